The van der Waals surface area contributed by atoms with Crippen LogP contribution in [-0.4, -0.2) is 17.0 Å². The quantitative estimate of drug-likeness (QED) is 0.709. The van der Waals surface area contributed by atoms with Crippen molar-refractivity contribution in [2.75, 3.05) is 0 Å². The highest BCUT2D eigenvalue weighted by atomic mass is 16.3. The topological polar surface area (TPSA) is 61.1 Å². The summed E-state index contributed by atoms with van der Waals surface area (Å²) < 4.78 is 0. The predicted molar refractivity (Wildman–Crippen MR) is 47.7 cm³/mol. The minimum absolute atomic E-state index is 0.0235. The van der Waals surface area contributed by atoms with Crippen molar-refractivity contribution in [2.45, 2.75) is 33.3 Å². The van der Waals surface area contributed by atoms with Crippen LogP contribution in [0, 0.1) is 28.6 Å². The summed E-state index contributed by atoms with van der Waals surface area (Å²) in [6, 6.07) is 2.09. The Bertz CT molecular complexity index is 265. The van der Waals surface area contributed by atoms with Gasteiger partial charge in [0.05, 0.1) is 6.07 Å². The number of rotatable bonds is 3. The maximum Gasteiger partial charge on any atom is 0.158 e. The Hall–Kier alpha value is -0.880. The number of aliphatic hydroxyl groups excluding tert-OH is 1. The second-order valence-corrected chi connectivity index (χ2v) is 4.37. The third-order valence-electron chi connectivity index (χ3n) is 3.21. The minimum Gasteiger partial charge on any atom is -0.385 e. The van der Waals surface area contributed by atoms with Gasteiger partial charge in [-0.3, -0.25) is 4.79 Å². The van der Waals surface area contributed by atoms with Gasteiger partial charge in [-0.15, -0.1) is 0 Å². The Morgan fingerprint density at radius 1 is 1.69 bits per heavy atom. The molecule has 3 nitrogen and oxygen atoms in total. The molecular formula is C10H15NO2. The Balaban J connectivity index is 2.65. The van der Waals surface area contributed by atoms with E-state index < -0.39 is 6.10 Å². The second kappa shape index (κ2) is 3.12. The molecule has 13 heavy (non-hydrogen) atoms. The normalized spacial score (nSPS) is 31.9. The van der Waals surface area contributed by atoms with E-state index in [1.54, 1.807) is 0 Å². The van der Waals surface area contributed by atoms with Crippen LogP contribution in [0.1, 0.15) is 27.2 Å². The molecule has 0 radical (unpaired) electrons. The number of carbonyl (C=O) groups excluding carboxylic acids is 1. The largest absolute Gasteiger partial charge is 0.385 e. The zero-order valence-electron chi connectivity index (χ0n) is 8.24. The summed E-state index contributed by atoms with van der Waals surface area (Å²) in [5.41, 5.74) is -0.0547. The lowest BCUT2D eigenvalue weighted by Crippen LogP contribution is -2.22. The molecule has 0 saturated heterocycles. The highest BCUT2D eigenvalue weighted by Gasteiger charge is 2.61. The van der Waals surface area contributed by atoms with Gasteiger partial charge < -0.3 is 5.11 Å². The first-order valence-electron chi connectivity index (χ1n) is 4.48. The Morgan fingerprint density at radius 3 is 2.62 bits per heavy atom. The first kappa shape index (κ1) is 10.2. The van der Waals surface area contributed by atoms with Crippen LogP contribution < -0.4 is 0 Å². The molecule has 1 N–H and O–H groups in total. The van der Waals surface area contributed by atoms with Crippen molar-refractivity contribution >= 4 is 5.78 Å². The summed E-state index contributed by atoms with van der Waals surface area (Å²) >= 11 is 0. The van der Waals surface area contributed by atoms with Crippen LogP contribution >= 0.6 is 0 Å². The summed E-state index contributed by atoms with van der Waals surface area (Å²) in [7, 11) is 0. The van der Waals surface area contributed by atoms with Crippen molar-refractivity contribution in [1.29, 1.82) is 5.26 Å². The average molecular weight is 181 g/mol. The van der Waals surface area contributed by atoms with Gasteiger partial charge >= 0.3 is 0 Å². The molecule has 0 amide bonds. The van der Waals surface area contributed by atoms with Gasteiger partial charge in [-0.1, -0.05) is 13.8 Å². The fraction of sp³-hybridized carbons (Fsp3) is 0.800. The van der Waals surface area contributed by atoms with Gasteiger partial charge in [0.1, 0.15) is 6.10 Å². The van der Waals surface area contributed by atoms with Gasteiger partial charge in [-0.2, -0.15) is 5.26 Å². The highest BCUT2D eigenvalue weighted by molar-refractivity contribution is 5.81. The van der Waals surface area contributed by atoms with Crippen molar-refractivity contribution in [2.24, 2.45) is 17.3 Å². The van der Waals surface area contributed by atoms with E-state index in [0.717, 1.165) is 0 Å². The van der Waals surface area contributed by atoms with E-state index in [0.29, 0.717) is 6.42 Å². The zero-order valence-corrected chi connectivity index (χ0v) is 8.24. The lowest BCUT2D eigenvalue weighted by atomic mass is 10.0. The minimum atomic E-state index is -0.881. The van der Waals surface area contributed by atoms with E-state index >= 15 is 0 Å². The molecule has 1 rings (SSSR count). The molecule has 0 heterocycles. The van der Waals surface area contributed by atoms with E-state index in [-0.39, 0.29) is 23.0 Å². The monoisotopic (exact) mass is 181 g/mol. The molecule has 1 aliphatic carbocycles. The molecule has 0 aromatic rings. The Morgan fingerprint density at radius 2 is 2.23 bits per heavy atom. The van der Waals surface area contributed by atoms with Crippen LogP contribution in [-0.2, 0) is 4.79 Å². The first-order valence-corrected chi connectivity index (χ1v) is 4.48. The fourth-order valence-electron chi connectivity index (χ4n) is 2.15. The molecule has 1 fully saturated rings. The van der Waals surface area contributed by atoms with Crippen molar-refractivity contribution in [3.63, 3.8) is 0 Å². The second-order valence-electron chi connectivity index (χ2n) is 4.37. The van der Waals surface area contributed by atoms with E-state index in [1.807, 2.05) is 13.8 Å². The summed E-state index contributed by atoms with van der Waals surface area (Å²) in [6.07, 6.45) is -0.449. The predicted octanol–water partition coefficient (Wildman–Crippen LogP) is 1.12. The van der Waals surface area contributed by atoms with E-state index in [9.17, 15) is 9.90 Å². The fourth-order valence-corrected chi connectivity index (χ4v) is 2.15. The number of carbonyl (C=O) groups is 1. The van der Waals surface area contributed by atoms with Gasteiger partial charge in [0, 0.05) is 12.3 Å². The number of hydrogen-bond donors (Lipinski definition) is 1. The standard InChI is InChI=1S/C10H15NO2/c1-6(12)9(13)8-7(4-5-11)10(8,2)3/h7-9,13H,4H2,1-3H3/t7-,8-,9+/m0/s1. The summed E-state index contributed by atoms with van der Waals surface area (Å²) in [5.74, 6) is -0.0421. The number of aliphatic hydroxyl groups is 1. The van der Waals surface area contributed by atoms with E-state index in [4.69, 9.17) is 5.26 Å². The average Bonchev–Trinajstić information content (AvgIpc) is 2.53. The zero-order chi connectivity index (χ0) is 10.2. The summed E-state index contributed by atoms with van der Waals surface area (Å²) in [5, 5.41) is 18.1. The van der Waals surface area contributed by atoms with Crippen molar-refractivity contribution in [3.8, 4) is 6.07 Å². The van der Waals surface area contributed by atoms with Gasteiger partial charge in [0.25, 0.3) is 0 Å². The highest BCUT2D eigenvalue weighted by Crippen LogP contribution is 2.61. The summed E-state index contributed by atoms with van der Waals surface area (Å²) in [4.78, 5) is 10.9. The lowest BCUT2D eigenvalue weighted by molar-refractivity contribution is -0.126. The molecule has 0 aliphatic heterocycles. The molecule has 3 atom stereocenters. The molecule has 1 saturated carbocycles. The molecule has 72 valence electrons. The van der Waals surface area contributed by atoms with Crippen molar-refractivity contribution < 1.29 is 9.90 Å². The van der Waals surface area contributed by atoms with Crippen molar-refractivity contribution in [1.82, 2.24) is 0 Å². The van der Waals surface area contributed by atoms with Gasteiger partial charge in [0.15, 0.2) is 5.78 Å². The first-order chi connectivity index (χ1) is 5.92. The number of nitrogens with zero attached hydrogens (tertiary/aromatic N) is 1. The Kier molecular flexibility index (Phi) is 2.44. The van der Waals surface area contributed by atoms with Crippen molar-refractivity contribution in [3.05, 3.63) is 0 Å². The molecule has 3 heteroatoms. The molecule has 0 unspecified atom stereocenters. The maximum atomic E-state index is 10.9. The lowest BCUT2D eigenvalue weighted by Gasteiger charge is -2.07. The third-order valence-corrected chi connectivity index (χ3v) is 3.21. The molecule has 0 aromatic heterocycles. The van der Waals surface area contributed by atoms with Crippen LogP contribution in [0.4, 0.5) is 0 Å². The molecule has 1 aliphatic rings. The van der Waals surface area contributed by atoms with Crippen LogP contribution in [0.15, 0.2) is 0 Å². The molecule has 0 spiro atoms. The van der Waals surface area contributed by atoms with E-state index in [2.05, 4.69) is 6.07 Å². The third kappa shape index (κ3) is 1.59. The molecule has 0 bridgehead atoms. The van der Waals surface area contributed by atoms with Gasteiger partial charge in [-0.25, -0.2) is 0 Å². The molecule has 0 aromatic carbocycles. The van der Waals surface area contributed by atoms with Gasteiger partial charge in [-0.05, 0) is 18.3 Å². The van der Waals surface area contributed by atoms with Gasteiger partial charge in [0.2, 0.25) is 0 Å². The number of hydrogen-bond acceptors (Lipinski definition) is 3. The molecular weight excluding hydrogens is 166 g/mol. The number of Topliss-reactive ketones (excluding diaryl/α,β-unsaturated/α-hetero) is 1. The number of ketones is 1. The maximum absolute atomic E-state index is 10.9. The summed E-state index contributed by atoms with van der Waals surface area (Å²) in [6.45, 7) is 5.38. The smallest absolute Gasteiger partial charge is 0.158 e. The van der Waals surface area contributed by atoms with E-state index in [1.165, 1.54) is 6.92 Å². The van der Waals surface area contributed by atoms with Crippen LogP contribution in [0.2, 0.25) is 0 Å². The SMILES string of the molecule is CC(=O)[C@@H](O)[C@@H]1[C@H](CC#N)C1(C)C. The number of nitriles is 1. The van der Waals surface area contributed by atoms with Crippen LogP contribution in [0.5, 0.6) is 0 Å². The van der Waals surface area contributed by atoms with Crippen LogP contribution in [0.25, 0.3) is 0 Å². The Labute approximate surface area is 78.4 Å². The van der Waals surface area contributed by atoms with Crippen LogP contribution in [0.3, 0.4) is 0 Å².